The van der Waals surface area contributed by atoms with E-state index in [1.54, 1.807) is 0 Å². The Hall–Kier alpha value is -5.53. The van der Waals surface area contributed by atoms with Crippen molar-refractivity contribution >= 4 is 63.0 Å². The molecule has 0 amide bonds. The van der Waals surface area contributed by atoms with Crippen molar-refractivity contribution in [2.75, 3.05) is 0 Å². The van der Waals surface area contributed by atoms with Gasteiger partial charge in [0.1, 0.15) is 0 Å². The van der Waals surface area contributed by atoms with Crippen molar-refractivity contribution in [2.24, 2.45) is 0 Å². The topological polar surface area (TPSA) is 23.8 Å². The van der Waals surface area contributed by atoms with E-state index in [0.717, 1.165) is 22.3 Å². The number of hydrogen-bond acceptors (Lipinski definition) is 3. The highest BCUT2D eigenvalue weighted by atomic mass is 32.1. The lowest BCUT2D eigenvalue weighted by atomic mass is 9.91. The summed E-state index contributed by atoms with van der Waals surface area (Å²) in [4.78, 5) is 0. The maximum Gasteiger partial charge on any atom is 0.0998 e. The molecule has 0 fully saturated rings. The number of nitriles is 1. The molecular weight excluding hydrogens is 595 g/mol. The van der Waals surface area contributed by atoms with E-state index in [9.17, 15) is 5.26 Å². The molecule has 7 aromatic carbocycles. The van der Waals surface area contributed by atoms with Crippen LogP contribution in [0, 0.1) is 11.3 Å². The average molecular weight is 620 g/mol. The zero-order valence-corrected chi connectivity index (χ0v) is 26.3. The maximum absolute atomic E-state index is 9.82. The van der Waals surface area contributed by atoms with E-state index in [-0.39, 0.29) is 0 Å². The van der Waals surface area contributed by atoms with Crippen LogP contribution in [0.1, 0.15) is 5.56 Å². The summed E-state index contributed by atoms with van der Waals surface area (Å²) in [6.07, 6.45) is 0. The number of thiophene rings is 2. The third-order valence-electron chi connectivity index (χ3n) is 8.92. The Labute approximate surface area is 274 Å². The largest absolute Gasteiger partial charge is 0.192 e. The highest BCUT2D eigenvalue weighted by Gasteiger charge is 2.16. The van der Waals surface area contributed by atoms with Gasteiger partial charge in [-0.2, -0.15) is 5.26 Å². The molecule has 214 valence electrons. The SMILES string of the molecule is N#Cc1ccccc1-c1cccc(-c2cc(-c3cccc4c3sc3ccccc34)cc(-c3cccc4c3sc3ccccc34)c2)c1. The summed E-state index contributed by atoms with van der Waals surface area (Å²) in [6.45, 7) is 0. The Bertz CT molecular complexity index is 2530. The number of rotatable bonds is 4. The quantitative estimate of drug-likeness (QED) is 0.192. The fourth-order valence-corrected chi connectivity index (χ4v) is 9.23. The molecule has 1 nitrogen and oxygen atoms in total. The van der Waals surface area contributed by atoms with Crippen LogP contribution in [0.5, 0.6) is 0 Å². The number of benzene rings is 7. The van der Waals surface area contributed by atoms with Gasteiger partial charge >= 0.3 is 0 Å². The van der Waals surface area contributed by atoms with Crippen molar-refractivity contribution in [3.8, 4) is 50.6 Å². The van der Waals surface area contributed by atoms with Crippen molar-refractivity contribution in [1.29, 1.82) is 5.26 Å². The first-order valence-electron chi connectivity index (χ1n) is 15.3. The number of fused-ring (bicyclic) bond motifs is 6. The van der Waals surface area contributed by atoms with Gasteiger partial charge in [-0.25, -0.2) is 0 Å². The van der Waals surface area contributed by atoms with E-state index >= 15 is 0 Å². The lowest BCUT2D eigenvalue weighted by Crippen LogP contribution is -1.88. The van der Waals surface area contributed by atoms with Crippen LogP contribution in [0.4, 0.5) is 0 Å². The molecule has 9 rings (SSSR count). The summed E-state index contributed by atoms with van der Waals surface area (Å²) in [5, 5.41) is 15.0. The summed E-state index contributed by atoms with van der Waals surface area (Å²) in [5.41, 5.74) is 9.85. The van der Waals surface area contributed by atoms with E-state index in [2.05, 4.69) is 133 Å². The van der Waals surface area contributed by atoms with Gasteiger partial charge in [0.15, 0.2) is 0 Å². The molecular formula is C43H25NS2. The molecule has 9 aromatic rings. The monoisotopic (exact) mass is 619 g/mol. The molecule has 0 saturated heterocycles. The minimum absolute atomic E-state index is 0.682. The molecule has 0 bridgehead atoms. The summed E-state index contributed by atoms with van der Waals surface area (Å²) >= 11 is 3.73. The van der Waals surface area contributed by atoms with E-state index in [4.69, 9.17) is 0 Å². The fraction of sp³-hybridized carbons (Fsp3) is 0. The van der Waals surface area contributed by atoms with E-state index in [1.165, 1.54) is 62.6 Å². The first-order chi connectivity index (χ1) is 22.7. The van der Waals surface area contributed by atoms with Crippen LogP contribution in [-0.2, 0) is 0 Å². The zero-order valence-electron chi connectivity index (χ0n) is 24.7. The molecule has 0 unspecified atom stereocenters. The molecule has 0 aliphatic carbocycles. The smallest absolute Gasteiger partial charge is 0.0998 e. The van der Waals surface area contributed by atoms with Crippen LogP contribution >= 0.6 is 22.7 Å². The summed E-state index contributed by atoms with van der Waals surface area (Å²) in [7, 11) is 0. The van der Waals surface area contributed by atoms with Gasteiger partial charge in [-0.1, -0.05) is 109 Å². The standard InChI is InChI=1S/C43H25NS2/c44-26-29-10-1-2-13-33(29)28-12-7-11-27(22-28)30-23-31(34-16-8-18-38-36-14-3-5-20-40(36)45-42(34)38)25-32(24-30)35-17-9-19-39-37-15-4-6-21-41(37)46-43(35)39/h1-25H. The molecule has 0 atom stereocenters. The van der Waals surface area contributed by atoms with Gasteiger partial charge < -0.3 is 0 Å². The molecule has 0 aliphatic rings. The highest BCUT2D eigenvalue weighted by molar-refractivity contribution is 7.26. The van der Waals surface area contributed by atoms with Crippen LogP contribution < -0.4 is 0 Å². The second-order valence-electron chi connectivity index (χ2n) is 11.6. The lowest BCUT2D eigenvalue weighted by Gasteiger charge is -2.14. The average Bonchev–Trinajstić information content (AvgIpc) is 3.70. The van der Waals surface area contributed by atoms with Crippen LogP contribution in [0.3, 0.4) is 0 Å². The zero-order chi connectivity index (χ0) is 30.6. The van der Waals surface area contributed by atoms with Crippen molar-refractivity contribution < 1.29 is 0 Å². The molecule has 3 heteroatoms. The predicted octanol–water partition coefficient (Wildman–Crippen LogP) is 13.0. The Morgan fingerprint density at radius 3 is 1.46 bits per heavy atom. The summed E-state index contributed by atoms with van der Waals surface area (Å²) < 4.78 is 5.23. The molecule has 0 N–H and O–H groups in total. The van der Waals surface area contributed by atoms with Gasteiger partial charge in [0.2, 0.25) is 0 Å². The molecule has 0 aliphatic heterocycles. The fourth-order valence-electron chi connectivity index (χ4n) is 6.75. The van der Waals surface area contributed by atoms with Crippen LogP contribution in [0.15, 0.2) is 152 Å². The second-order valence-corrected chi connectivity index (χ2v) is 13.7. The third kappa shape index (κ3) is 4.35. The van der Waals surface area contributed by atoms with Gasteiger partial charge in [0, 0.05) is 40.3 Å². The predicted molar refractivity (Wildman–Crippen MR) is 199 cm³/mol. The minimum Gasteiger partial charge on any atom is -0.192 e. The minimum atomic E-state index is 0.682. The molecule has 2 aromatic heterocycles. The molecule has 0 radical (unpaired) electrons. The maximum atomic E-state index is 9.82. The van der Waals surface area contributed by atoms with Crippen molar-refractivity contribution in [1.82, 2.24) is 0 Å². The first-order valence-corrected chi connectivity index (χ1v) is 16.9. The van der Waals surface area contributed by atoms with E-state index < -0.39 is 0 Å². The van der Waals surface area contributed by atoms with Gasteiger partial charge in [0.25, 0.3) is 0 Å². The molecule has 2 heterocycles. The van der Waals surface area contributed by atoms with E-state index in [0.29, 0.717) is 5.56 Å². The summed E-state index contributed by atoms with van der Waals surface area (Å²) in [6, 6.07) is 56.7. The van der Waals surface area contributed by atoms with Crippen LogP contribution in [0.25, 0.3) is 84.9 Å². The van der Waals surface area contributed by atoms with Gasteiger partial charge in [-0.05, 0) is 87.0 Å². The Morgan fingerprint density at radius 2 is 0.826 bits per heavy atom. The van der Waals surface area contributed by atoms with Crippen LogP contribution in [-0.4, -0.2) is 0 Å². The molecule has 0 saturated carbocycles. The number of hydrogen-bond donors (Lipinski definition) is 0. The highest BCUT2D eigenvalue weighted by Crippen LogP contribution is 2.45. The Morgan fingerprint density at radius 1 is 0.370 bits per heavy atom. The van der Waals surface area contributed by atoms with Crippen molar-refractivity contribution in [3.05, 3.63) is 157 Å². The number of nitrogens with zero attached hydrogens (tertiary/aromatic N) is 1. The van der Waals surface area contributed by atoms with Gasteiger partial charge in [-0.15, -0.1) is 22.7 Å². The van der Waals surface area contributed by atoms with Gasteiger partial charge in [-0.3, -0.25) is 0 Å². The first kappa shape index (κ1) is 26.8. The molecule has 0 spiro atoms. The van der Waals surface area contributed by atoms with Crippen molar-refractivity contribution in [3.63, 3.8) is 0 Å². The lowest BCUT2D eigenvalue weighted by molar-refractivity contribution is 1.48. The third-order valence-corrected chi connectivity index (χ3v) is 11.4. The van der Waals surface area contributed by atoms with Crippen LogP contribution in [0.2, 0.25) is 0 Å². The second kappa shape index (κ2) is 10.8. The normalized spacial score (nSPS) is 11.5. The van der Waals surface area contributed by atoms with E-state index in [1.807, 2.05) is 46.9 Å². The Balaban J connectivity index is 1.31. The Kier molecular flexibility index (Phi) is 6.31. The van der Waals surface area contributed by atoms with Gasteiger partial charge in [0.05, 0.1) is 11.6 Å². The van der Waals surface area contributed by atoms with Crippen molar-refractivity contribution in [2.45, 2.75) is 0 Å². The summed E-state index contributed by atoms with van der Waals surface area (Å²) in [5.74, 6) is 0. The molecule has 46 heavy (non-hydrogen) atoms.